The van der Waals surface area contributed by atoms with Gasteiger partial charge in [0.25, 0.3) is 5.69 Å². The maximum absolute atomic E-state index is 10.5. The molecule has 0 unspecified atom stereocenters. The first-order valence-electron chi connectivity index (χ1n) is 4.57. The minimum Gasteiger partial charge on any atom is -0.549 e. The van der Waals surface area contributed by atoms with Gasteiger partial charge in [-0.15, -0.1) is 0 Å². The van der Waals surface area contributed by atoms with Gasteiger partial charge in [0, 0.05) is 18.1 Å². The minimum atomic E-state index is -1.77. The Morgan fingerprint density at radius 3 is 1.75 bits per heavy atom. The van der Waals surface area contributed by atoms with Crippen LogP contribution in [0, 0.1) is 16.0 Å². The molecule has 1 aromatic carbocycles. The zero-order chi connectivity index (χ0) is 13.0. The summed E-state index contributed by atoms with van der Waals surface area (Å²) in [7, 11) is 0. The van der Waals surface area contributed by atoms with Crippen molar-refractivity contribution in [3.63, 3.8) is 0 Å². The van der Waals surface area contributed by atoms with Crippen LogP contribution < -0.4 is 10.2 Å². The Morgan fingerprint density at radius 2 is 1.45 bits per heavy atom. The zero-order valence-electron chi connectivity index (χ0n) is 10.2. The van der Waals surface area contributed by atoms with Crippen molar-refractivity contribution < 1.29 is 35.7 Å². The molecule has 0 fully saturated rings. The van der Waals surface area contributed by atoms with Gasteiger partial charge < -0.3 is 30.8 Å². The summed E-state index contributed by atoms with van der Waals surface area (Å²) >= 11 is 0. The molecule has 1 rings (SSSR count). The van der Waals surface area contributed by atoms with Crippen LogP contribution in [-0.2, 0) is 16.0 Å². The number of carboxylic acids is 2. The molecule has 0 amide bonds. The van der Waals surface area contributed by atoms with Crippen LogP contribution in [0.1, 0.15) is 5.56 Å². The quantitative estimate of drug-likeness (QED) is 0.232. The second kappa shape index (κ2) is 10.1. The van der Waals surface area contributed by atoms with Crippen molar-refractivity contribution >= 4 is 40.7 Å². The molecule has 0 bridgehead atoms. The monoisotopic (exact) mass is 297 g/mol. The fourth-order valence-corrected chi connectivity index (χ4v) is 1.25. The molecule has 0 heterocycles. The number of rotatable bonds is 5. The number of hydrogen-bond acceptors (Lipinski definition) is 6. The number of non-ortho nitro benzene ring substituents is 1. The van der Waals surface area contributed by atoms with Crippen molar-refractivity contribution in [1.82, 2.24) is 0 Å². The van der Waals surface area contributed by atoms with Gasteiger partial charge >= 0.3 is 23.1 Å². The predicted molar refractivity (Wildman–Crippen MR) is 63.3 cm³/mol. The van der Waals surface area contributed by atoms with Crippen molar-refractivity contribution in [3.8, 4) is 0 Å². The van der Waals surface area contributed by atoms with E-state index in [0.29, 0.717) is 5.56 Å². The Bertz CT molecular complexity index is 447. The summed E-state index contributed by atoms with van der Waals surface area (Å²) in [5, 5.41) is 31.3. The van der Waals surface area contributed by atoms with E-state index in [2.05, 4.69) is 0 Å². The first-order chi connectivity index (χ1) is 7.91. The smallest absolute Gasteiger partial charge is 0.549 e. The van der Waals surface area contributed by atoms with E-state index < -0.39 is 22.8 Å². The van der Waals surface area contributed by atoms with Gasteiger partial charge in [0.05, 0.1) is 16.9 Å². The molecule has 1 aromatic rings. The summed E-state index contributed by atoms with van der Waals surface area (Å²) in [5.41, 5.74) is 0.182. The van der Waals surface area contributed by atoms with E-state index in [0.717, 1.165) is 12.1 Å². The summed E-state index contributed by atoms with van der Waals surface area (Å²) in [5.74, 6) is -5.26. The van der Waals surface area contributed by atoms with Gasteiger partial charge in [-0.2, -0.15) is 0 Å². The van der Waals surface area contributed by atoms with Crippen molar-refractivity contribution in [3.05, 3.63) is 39.9 Å². The molecule has 9 nitrogen and oxygen atoms in total. The Morgan fingerprint density at radius 1 is 1.05 bits per heavy atom. The summed E-state index contributed by atoms with van der Waals surface area (Å²) in [6, 6.07) is 4.90. The van der Waals surface area contributed by atoms with E-state index in [9.17, 15) is 29.9 Å². The van der Waals surface area contributed by atoms with Crippen molar-refractivity contribution in [2.45, 2.75) is 6.42 Å². The van der Waals surface area contributed by atoms with Crippen LogP contribution in [0.15, 0.2) is 24.3 Å². The van der Waals surface area contributed by atoms with E-state index in [1.54, 1.807) is 0 Å². The van der Waals surface area contributed by atoms with Crippen LogP contribution in [0.5, 0.6) is 0 Å². The molecule has 0 saturated carbocycles. The summed E-state index contributed by atoms with van der Waals surface area (Å²) in [6.45, 7) is 0. The molecule has 0 aromatic heterocycles. The first kappa shape index (κ1) is 23.3. The van der Waals surface area contributed by atoms with Gasteiger partial charge in [-0.1, -0.05) is 12.1 Å². The molecule has 10 heteroatoms. The third-order valence-corrected chi connectivity index (χ3v) is 2.16. The van der Waals surface area contributed by atoms with Gasteiger partial charge in [-0.25, -0.2) is 0 Å². The van der Waals surface area contributed by atoms with E-state index in [4.69, 9.17) is 0 Å². The number of benzene rings is 1. The van der Waals surface area contributed by atoms with Crippen molar-refractivity contribution in [2.24, 2.45) is 5.92 Å². The predicted octanol–water partition coefficient (Wildman–Crippen LogP) is -3.78. The molecular formula is C10H11MgNO8. The number of nitro benzene ring substituents is 1. The number of aliphatic carboxylic acids is 2. The maximum Gasteiger partial charge on any atom is 2.00 e. The molecule has 0 atom stereocenters. The van der Waals surface area contributed by atoms with Gasteiger partial charge in [-0.05, 0) is 12.0 Å². The van der Waals surface area contributed by atoms with E-state index in [1.165, 1.54) is 12.1 Å². The number of carboxylic acid groups (broad SMARTS) is 2. The van der Waals surface area contributed by atoms with Crippen LogP contribution in [0.2, 0.25) is 0 Å². The topological polar surface area (TPSA) is 186 Å². The average Bonchev–Trinajstić information content (AvgIpc) is 2.25. The number of nitro groups is 1. The van der Waals surface area contributed by atoms with Crippen LogP contribution in [0.4, 0.5) is 5.69 Å². The summed E-state index contributed by atoms with van der Waals surface area (Å²) in [6.07, 6.45) is -0.331. The van der Waals surface area contributed by atoms with E-state index in [-0.39, 0.29) is 46.1 Å². The van der Waals surface area contributed by atoms with Gasteiger partial charge in [0.2, 0.25) is 0 Å². The second-order valence-electron chi connectivity index (χ2n) is 3.32. The van der Waals surface area contributed by atoms with Crippen LogP contribution >= 0.6 is 0 Å². The average molecular weight is 298 g/mol. The van der Waals surface area contributed by atoms with E-state index >= 15 is 0 Å². The maximum atomic E-state index is 10.5. The minimum absolute atomic E-state index is 0. The molecule has 0 spiro atoms. The molecular weight excluding hydrogens is 286 g/mol. The van der Waals surface area contributed by atoms with Crippen molar-refractivity contribution in [2.75, 3.05) is 0 Å². The SMILES string of the molecule is O.O.O=C([O-])C(Cc1ccc([N+](=O)[O-])cc1)C(=O)[O-].[Mg+2]. The molecule has 0 saturated heterocycles. The molecule has 4 N–H and O–H groups in total. The molecule has 0 aliphatic rings. The third kappa shape index (κ3) is 6.42. The fraction of sp³-hybridized carbons (Fsp3) is 0.200. The Hall–Kier alpha value is -1.75. The number of carbonyl (C=O) groups is 2. The molecule has 20 heavy (non-hydrogen) atoms. The molecule has 0 radical (unpaired) electrons. The molecule has 106 valence electrons. The second-order valence-corrected chi connectivity index (χ2v) is 3.32. The van der Waals surface area contributed by atoms with Gasteiger partial charge in [0.15, 0.2) is 0 Å². The fourth-order valence-electron chi connectivity index (χ4n) is 1.25. The first-order valence-corrected chi connectivity index (χ1v) is 4.57. The molecule has 0 aliphatic carbocycles. The van der Waals surface area contributed by atoms with Crippen LogP contribution in [0.3, 0.4) is 0 Å². The number of nitrogens with zero attached hydrogens (tertiary/aromatic N) is 1. The zero-order valence-corrected chi connectivity index (χ0v) is 11.6. The Balaban J connectivity index is -0.000000963. The normalized spacial score (nSPS) is 8.65. The third-order valence-electron chi connectivity index (χ3n) is 2.16. The van der Waals surface area contributed by atoms with E-state index in [1.807, 2.05) is 0 Å². The summed E-state index contributed by atoms with van der Waals surface area (Å²) in [4.78, 5) is 30.7. The van der Waals surface area contributed by atoms with Gasteiger partial charge in [-0.3, -0.25) is 10.1 Å². The summed E-state index contributed by atoms with van der Waals surface area (Å²) < 4.78 is 0. The Labute approximate surface area is 129 Å². The number of hydrogen-bond donors (Lipinski definition) is 0. The largest absolute Gasteiger partial charge is 2.00 e. The van der Waals surface area contributed by atoms with Crippen LogP contribution in [0.25, 0.3) is 0 Å². The molecule has 0 aliphatic heterocycles. The standard InChI is InChI=1S/C10H9NO6.Mg.2H2O/c12-9(13)8(10(14)15)5-6-1-3-7(4-2-6)11(16)17;;;/h1-4,8H,5H2,(H,12,13)(H,14,15);;2*1H2/q;+2;;/p-2. The van der Waals surface area contributed by atoms with Gasteiger partial charge in [0.1, 0.15) is 0 Å². The van der Waals surface area contributed by atoms with Crippen LogP contribution in [-0.4, -0.2) is 50.9 Å². The number of carbonyl (C=O) groups excluding carboxylic acids is 2. The Kier molecular flexibility index (Phi) is 11.8. The van der Waals surface area contributed by atoms with Crippen molar-refractivity contribution in [1.29, 1.82) is 0 Å².